The number of aryl methyl sites for hydroxylation is 1. The number of benzene rings is 1. The summed E-state index contributed by atoms with van der Waals surface area (Å²) in [6.07, 6.45) is 2.26. The van der Waals surface area contributed by atoms with Crippen LogP contribution in [0.5, 0.6) is 5.88 Å². The summed E-state index contributed by atoms with van der Waals surface area (Å²) < 4.78 is 33.4. The zero-order valence-corrected chi connectivity index (χ0v) is 20.3. The van der Waals surface area contributed by atoms with Gasteiger partial charge in [0.15, 0.2) is 0 Å². The predicted molar refractivity (Wildman–Crippen MR) is 131 cm³/mol. The van der Waals surface area contributed by atoms with Gasteiger partial charge in [-0.25, -0.2) is 18.1 Å². The number of aliphatic hydroxyl groups is 1. The SMILES string of the molecule is Cn1c(=O)c(C(=O)NCc2ccc(C#N)cc2)cc2ccnc(OCC3(S(=O)(=O)NCCO)CC3)c21. The Labute approximate surface area is 207 Å². The number of sulfonamides is 1. The molecular weight excluding hydrogens is 486 g/mol. The van der Waals surface area contributed by atoms with E-state index in [2.05, 4.69) is 15.0 Å². The maximum absolute atomic E-state index is 13.0. The first kappa shape index (κ1) is 25.3. The van der Waals surface area contributed by atoms with Gasteiger partial charge in [-0.1, -0.05) is 12.1 Å². The molecule has 0 bridgehead atoms. The first-order valence-corrected chi connectivity index (χ1v) is 12.7. The summed E-state index contributed by atoms with van der Waals surface area (Å²) in [5, 5.41) is 21.1. The minimum atomic E-state index is -3.70. The number of rotatable bonds is 10. The van der Waals surface area contributed by atoms with Gasteiger partial charge in [-0.2, -0.15) is 5.26 Å². The molecule has 1 aliphatic rings. The van der Waals surface area contributed by atoms with Crippen LogP contribution in [-0.4, -0.2) is 53.5 Å². The van der Waals surface area contributed by atoms with Crippen LogP contribution in [0.3, 0.4) is 0 Å². The van der Waals surface area contributed by atoms with Crippen LogP contribution in [0, 0.1) is 11.3 Å². The van der Waals surface area contributed by atoms with Crippen molar-refractivity contribution >= 4 is 26.8 Å². The van der Waals surface area contributed by atoms with Gasteiger partial charge < -0.3 is 19.7 Å². The molecule has 0 saturated heterocycles. The van der Waals surface area contributed by atoms with E-state index in [1.165, 1.54) is 23.9 Å². The van der Waals surface area contributed by atoms with Crippen LogP contribution in [0.4, 0.5) is 0 Å². The molecule has 0 aliphatic heterocycles. The van der Waals surface area contributed by atoms with E-state index in [0.29, 0.717) is 29.3 Å². The molecule has 1 aromatic carbocycles. The molecule has 4 rings (SSSR count). The minimum Gasteiger partial charge on any atom is -0.474 e. The zero-order valence-electron chi connectivity index (χ0n) is 19.5. The Balaban J connectivity index is 1.55. The number of nitrogens with zero attached hydrogens (tertiary/aromatic N) is 3. The lowest BCUT2D eigenvalue weighted by Gasteiger charge is -2.18. The van der Waals surface area contributed by atoms with E-state index < -0.39 is 26.2 Å². The van der Waals surface area contributed by atoms with Gasteiger partial charge in [-0.15, -0.1) is 0 Å². The number of hydrogen-bond acceptors (Lipinski definition) is 8. The molecule has 3 aromatic rings. The van der Waals surface area contributed by atoms with Crippen molar-refractivity contribution in [1.29, 1.82) is 5.26 Å². The number of fused-ring (bicyclic) bond motifs is 1. The largest absolute Gasteiger partial charge is 0.474 e. The summed E-state index contributed by atoms with van der Waals surface area (Å²) in [6.45, 7) is -0.383. The number of pyridine rings is 2. The highest BCUT2D eigenvalue weighted by Crippen LogP contribution is 2.43. The second-order valence-electron chi connectivity index (χ2n) is 8.56. The molecule has 3 N–H and O–H groups in total. The number of nitrogens with one attached hydrogen (secondary N) is 2. The second kappa shape index (κ2) is 10.1. The fourth-order valence-corrected chi connectivity index (χ4v) is 5.33. The quantitative estimate of drug-likeness (QED) is 0.355. The molecule has 0 spiro atoms. The highest BCUT2D eigenvalue weighted by molar-refractivity contribution is 7.91. The molecule has 11 nitrogen and oxygen atoms in total. The highest BCUT2D eigenvalue weighted by Gasteiger charge is 2.55. The lowest BCUT2D eigenvalue weighted by molar-refractivity contribution is 0.0949. The Morgan fingerprint density at radius 3 is 2.64 bits per heavy atom. The van der Waals surface area contributed by atoms with Gasteiger partial charge in [0, 0.05) is 31.7 Å². The average molecular weight is 512 g/mol. The molecule has 1 fully saturated rings. The fourth-order valence-electron chi connectivity index (χ4n) is 3.81. The van der Waals surface area contributed by atoms with Gasteiger partial charge in [0.1, 0.15) is 22.4 Å². The van der Waals surface area contributed by atoms with E-state index in [0.717, 1.165) is 5.56 Å². The summed E-state index contributed by atoms with van der Waals surface area (Å²) in [5.74, 6) is -0.473. The molecule has 0 radical (unpaired) electrons. The van der Waals surface area contributed by atoms with Gasteiger partial charge in [0.05, 0.1) is 18.2 Å². The molecular formula is C24H25N5O6S. The monoisotopic (exact) mass is 511 g/mol. The van der Waals surface area contributed by atoms with Gasteiger partial charge >= 0.3 is 0 Å². The normalized spacial score (nSPS) is 14.2. The second-order valence-corrected chi connectivity index (χ2v) is 10.7. The number of hydrogen-bond donors (Lipinski definition) is 3. The Bertz CT molecular complexity index is 1500. The molecule has 2 aromatic heterocycles. The molecule has 12 heteroatoms. The van der Waals surface area contributed by atoms with Gasteiger partial charge in [-0.3, -0.25) is 9.59 Å². The number of aromatic nitrogens is 2. The number of amides is 1. The van der Waals surface area contributed by atoms with E-state index in [9.17, 15) is 18.0 Å². The van der Waals surface area contributed by atoms with Gasteiger partial charge in [0.2, 0.25) is 15.9 Å². The summed E-state index contributed by atoms with van der Waals surface area (Å²) in [5.41, 5.74) is 0.993. The van der Waals surface area contributed by atoms with Crippen molar-refractivity contribution in [2.24, 2.45) is 7.05 Å². The zero-order chi connectivity index (χ0) is 25.9. The van der Waals surface area contributed by atoms with Crippen LogP contribution in [0.15, 0.2) is 47.4 Å². The van der Waals surface area contributed by atoms with Crippen molar-refractivity contribution < 1.29 is 23.1 Å². The van der Waals surface area contributed by atoms with Crippen molar-refractivity contribution in [3.05, 3.63) is 69.6 Å². The van der Waals surface area contributed by atoms with Crippen LogP contribution in [0.25, 0.3) is 10.9 Å². The first-order chi connectivity index (χ1) is 17.2. The van der Waals surface area contributed by atoms with Crippen LogP contribution < -0.4 is 20.3 Å². The summed E-state index contributed by atoms with van der Waals surface area (Å²) in [6, 6.07) is 11.8. The van der Waals surface area contributed by atoms with Crippen LogP contribution in [-0.2, 0) is 23.6 Å². The van der Waals surface area contributed by atoms with Crippen molar-refractivity contribution in [3.63, 3.8) is 0 Å². The smallest absolute Gasteiger partial charge is 0.263 e. The lowest BCUT2D eigenvalue weighted by Crippen LogP contribution is -2.41. The molecule has 0 atom stereocenters. The lowest BCUT2D eigenvalue weighted by atomic mass is 10.1. The van der Waals surface area contributed by atoms with E-state index in [-0.39, 0.29) is 37.7 Å². The van der Waals surface area contributed by atoms with Crippen LogP contribution in [0.1, 0.15) is 34.3 Å². The van der Waals surface area contributed by atoms with Crippen LogP contribution in [0.2, 0.25) is 0 Å². The third-order valence-electron chi connectivity index (χ3n) is 6.13. The Hall–Kier alpha value is -3.79. The third-order valence-corrected chi connectivity index (χ3v) is 8.38. The molecule has 36 heavy (non-hydrogen) atoms. The maximum atomic E-state index is 13.0. The van der Waals surface area contributed by atoms with E-state index in [1.54, 1.807) is 30.3 Å². The van der Waals surface area contributed by atoms with Gasteiger partial charge in [-0.05, 0) is 42.7 Å². The Morgan fingerprint density at radius 1 is 1.28 bits per heavy atom. The molecule has 1 aliphatic carbocycles. The van der Waals surface area contributed by atoms with Crippen molar-refractivity contribution in [2.45, 2.75) is 24.1 Å². The molecule has 1 amide bonds. The number of carbonyl (C=O) groups is 1. The number of nitriles is 1. The van der Waals surface area contributed by atoms with Crippen molar-refractivity contribution in [1.82, 2.24) is 19.6 Å². The fraction of sp³-hybridized carbons (Fsp3) is 0.333. The highest BCUT2D eigenvalue weighted by atomic mass is 32.2. The standard InChI is InChI=1S/C24H25N5O6S/c1-29-20-18(6-9-26-22(20)35-15-24(7-8-24)36(33,34)28-10-11-30)12-19(23(29)32)21(31)27-14-17-4-2-16(13-25)3-5-17/h2-6,9,12,28,30H,7-8,10-11,14-15H2,1H3,(H,27,31). The Kier molecular flexibility index (Phi) is 7.07. The Morgan fingerprint density at radius 2 is 2.00 bits per heavy atom. The minimum absolute atomic E-state index is 0.0646. The molecule has 188 valence electrons. The molecule has 1 saturated carbocycles. The number of ether oxygens (including phenoxy) is 1. The van der Waals surface area contributed by atoms with Crippen molar-refractivity contribution in [2.75, 3.05) is 19.8 Å². The third kappa shape index (κ3) is 4.94. The predicted octanol–water partition coefficient (Wildman–Crippen LogP) is 0.558. The molecule has 0 unspecified atom stereocenters. The topological polar surface area (TPSA) is 163 Å². The van der Waals surface area contributed by atoms with E-state index >= 15 is 0 Å². The van der Waals surface area contributed by atoms with Crippen LogP contribution >= 0.6 is 0 Å². The molecule has 2 heterocycles. The summed E-state index contributed by atoms with van der Waals surface area (Å²) in [4.78, 5) is 30.0. The van der Waals surface area contributed by atoms with E-state index in [1.807, 2.05) is 6.07 Å². The van der Waals surface area contributed by atoms with Gasteiger partial charge in [0.25, 0.3) is 11.5 Å². The number of aliphatic hydroxyl groups excluding tert-OH is 1. The van der Waals surface area contributed by atoms with E-state index in [4.69, 9.17) is 15.1 Å². The summed E-state index contributed by atoms with van der Waals surface area (Å²) >= 11 is 0. The first-order valence-electron chi connectivity index (χ1n) is 11.2. The van der Waals surface area contributed by atoms with Crippen molar-refractivity contribution in [3.8, 4) is 11.9 Å². The average Bonchev–Trinajstić information content (AvgIpc) is 3.69. The summed E-state index contributed by atoms with van der Waals surface area (Å²) in [7, 11) is -2.21. The maximum Gasteiger partial charge on any atom is 0.263 e. The number of carbonyl (C=O) groups excluding carboxylic acids is 1.